The van der Waals surface area contributed by atoms with Crippen LogP contribution in [0.2, 0.25) is 0 Å². The number of hydrogen-bond acceptors (Lipinski definition) is 3. The molecule has 0 saturated heterocycles. The molecular formula is C17H28N2O. The number of benzene rings is 1. The molecule has 3 heteroatoms. The van der Waals surface area contributed by atoms with Gasteiger partial charge in [0.15, 0.2) is 0 Å². The Morgan fingerprint density at radius 2 is 1.95 bits per heavy atom. The van der Waals surface area contributed by atoms with Gasteiger partial charge in [-0.2, -0.15) is 0 Å². The van der Waals surface area contributed by atoms with Crippen LogP contribution in [0, 0.1) is 19.8 Å². The van der Waals surface area contributed by atoms with Crippen LogP contribution in [0.4, 0.5) is 0 Å². The molecule has 0 radical (unpaired) electrons. The zero-order valence-corrected chi connectivity index (χ0v) is 13.2. The monoisotopic (exact) mass is 276 g/mol. The van der Waals surface area contributed by atoms with Crippen LogP contribution >= 0.6 is 0 Å². The lowest BCUT2D eigenvalue weighted by atomic mass is 9.73. The standard InChI is InChI=1S/C17H28N2O/c1-12-7-9-17(20-4,10-8-12)16(19-18)15-11-13(2)5-6-14(15)3/h5-6,11-12,16,19H,7-10,18H2,1-4H3. The van der Waals surface area contributed by atoms with Gasteiger partial charge in [-0.3, -0.25) is 11.3 Å². The molecule has 2 rings (SSSR count). The first-order valence-electron chi connectivity index (χ1n) is 7.61. The van der Waals surface area contributed by atoms with Crippen molar-refractivity contribution in [3.8, 4) is 0 Å². The summed E-state index contributed by atoms with van der Waals surface area (Å²) >= 11 is 0. The summed E-state index contributed by atoms with van der Waals surface area (Å²) in [6, 6.07) is 6.61. The predicted molar refractivity (Wildman–Crippen MR) is 83.4 cm³/mol. The average Bonchev–Trinajstić information content (AvgIpc) is 2.45. The van der Waals surface area contributed by atoms with Crippen molar-refractivity contribution >= 4 is 0 Å². The summed E-state index contributed by atoms with van der Waals surface area (Å²) in [6.07, 6.45) is 4.54. The quantitative estimate of drug-likeness (QED) is 0.654. The second kappa shape index (κ2) is 6.25. The van der Waals surface area contributed by atoms with Gasteiger partial charge in [0, 0.05) is 7.11 Å². The summed E-state index contributed by atoms with van der Waals surface area (Å²) in [7, 11) is 1.82. The van der Waals surface area contributed by atoms with Crippen LogP contribution in [0.3, 0.4) is 0 Å². The number of aryl methyl sites for hydroxylation is 2. The molecule has 0 amide bonds. The summed E-state index contributed by atoms with van der Waals surface area (Å²) < 4.78 is 5.99. The van der Waals surface area contributed by atoms with E-state index in [9.17, 15) is 0 Å². The van der Waals surface area contributed by atoms with E-state index in [1.54, 1.807) is 0 Å². The van der Waals surface area contributed by atoms with Crippen molar-refractivity contribution in [1.29, 1.82) is 0 Å². The minimum Gasteiger partial charge on any atom is -0.376 e. The van der Waals surface area contributed by atoms with Gasteiger partial charge in [-0.15, -0.1) is 0 Å². The van der Waals surface area contributed by atoms with Crippen molar-refractivity contribution in [1.82, 2.24) is 5.43 Å². The van der Waals surface area contributed by atoms with Crippen LogP contribution in [0.5, 0.6) is 0 Å². The first-order chi connectivity index (χ1) is 9.52. The Kier molecular flexibility index (Phi) is 4.84. The molecule has 1 aromatic carbocycles. The second-order valence-electron chi connectivity index (χ2n) is 6.41. The molecule has 1 atom stereocenters. The second-order valence-corrected chi connectivity index (χ2v) is 6.41. The first kappa shape index (κ1) is 15.5. The third kappa shape index (κ3) is 2.90. The molecule has 112 valence electrons. The van der Waals surface area contributed by atoms with Crippen LogP contribution in [-0.4, -0.2) is 12.7 Å². The fourth-order valence-electron chi connectivity index (χ4n) is 3.46. The van der Waals surface area contributed by atoms with E-state index in [2.05, 4.69) is 44.4 Å². The highest BCUT2D eigenvalue weighted by Crippen LogP contribution is 2.43. The topological polar surface area (TPSA) is 47.3 Å². The number of ether oxygens (including phenoxy) is 1. The SMILES string of the molecule is COC1(C(NN)c2cc(C)ccc2C)CCC(C)CC1. The Morgan fingerprint density at radius 1 is 1.30 bits per heavy atom. The molecule has 3 nitrogen and oxygen atoms in total. The molecular weight excluding hydrogens is 248 g/mol. The van der Waals surface area contributed by atoms with Gasteiger partial charge in [0.05, 0.1) is 11.6 Å². The molecule has 20 heavy (non-hydrogen) atoms. The Morgan fingerprint density at radius 3 is 2.50 bits per heavy atom. The highest BCUT2D eigenvalue weighted by molar-refractivity contribution is 5.35. The molecule has 1 aliphatic carbocycles. The van der Waals surface area contributed by atoms with Crippen LogP contribution < -0.4 is 11.3 Å². The van der Waals surface area contributed by atoms with E-state index in [-0.39, 0.29) is 11.6 Å². The van der Waals surface area contributed by atoms with Gasteiger partial charge >= 0.3 is 0 Å². The fourth-order valence-corrected chi connectivity index (χ4v) is 3.46. The molecule has 0 heterocycles. The first-order valence-corrected chi connectivity index (χ1v) is 7.61. The fraction of sp³-hybridized carbons (Fsp3) is 0.647. The van der Waals surface area contributed by atoms with Gasteiger partial charge < -0.3 is 4.74 Å². The number of methoxy groups -OCH3 is 1. The summed E-state index contributed by atoms with van der Waals surface area (Å²) in [4.78, 5) is 0. The van der Waals surface area contributed by atoms with Crippen LogP contribution in [0.15, 0.2) is 18.2 Å². The zero-order valence-electron chi connectivity index (χ0n) is 13.2. The maximum Gasteiger partial charge on any atom is 0.0885 e. The molecule has 1 aliphatic rings. The van der Waals surface area contributed by atoms with Crippen LogP contribution in [0.1, 0.15) is 55.3 Å². The molecule has 0 bridgehead atoms. The lowest BCUT2D eigenvalue weighted by Gasteiger charge is -2.44. The molecule has 1 aromatic rings. The highest BCUT2D eigenvalue weighted by Gasteiger charge is 2.42. The molecule has 3 N–H and O–H groups in total. The molecule has 1 saturated carbocycles. The van der Waals surface area contributed by atoms with Gasteiger partial charge in [0.1, 0.15) is 0 Å². The van der Waals surface area contributed by atoms with E-state index < -0.39 is 0 Å². The van der Waals surface area contributed by atoms with E-state index >= 15 is 0 Å². The van der Waals surface area contributed by atoms with E-state index in [0.717, 1.165) is 18.8 Å². The Labute approximate surface area is 122 Å². The number of hydrazine groups is 1. The van der Waals surface area contributed by atoms with Gasteiger partial charge in [0.2, 0.25) is 0 Å². The van der Waals surface area contributed by atoms with Crippen molar-refractivity contribution in [3.63, 3.8) is 0 Å². The summed E-state index contributed by atoms with van der Waals surface area (Å²) in [5.74, 6) is 6.71. The maximum absolute atomic E-state index is 5.99. The molecule has 0 aromatic heterocycles. The summed E-state index contributed by atoms with van der Waals surface area (Å²) in [5, 5.41) is 0. The number of nitrogens with one attached hydrogen (secondary N) is 1. The predicted octanol–water partition coefficient (Wildman–Crippen LogP) is 3.40. The van der Waals surface area contributed by atoms with E-state index in [1.807, 2.05) is 7.11 Å². The number of hydrogen-bond donors (Lipinski definition) is 2. The van der Waals surface area contributed by atoms with Crippen molar-refractivity contribution in [3.05, 3.63) is 34.9 Å². The summed E-state index contributed by atoms with van der Waals surface area (Å²) in [6.45, 7) is 6.59. The van der Waals surface area contributed by atoms with Crippen LogP contribution in [-0.2, 0) is 4.74 Å². The average molecular weight is 276 g/mol. The minimum absolute atomic E-state index is 0.0555. The van der Waals surface area contributed by atoms with E-state index in [1.165, 1.54) is 29.5 Å². The van der Waals surface area contributed by atoms with Gasteiger partial charge in [0.25, 0.3) is 0 Å². The van der Waals surface area contributed by atoms with Crippen molar-refractivity contribution in [2.24, 2.45) is 11.8 Å². The number of rotatable bonds is 4. The molecule has 1 fully saturated rings. The molecule has 0 aliphatic heterocycles. The van der Waals surface area contributed by atoms with E-state index in [0.29, 0.717) is 0 Å². The van der Waals surface area contributed by atoms with E-state index in [4.69, 9.17) is 10.6 Å². The van der Waals surface area contributed by atoms with Gasteiger partial charge in [-0.1, -0.05) is 30.7 Å². The summed E-state index contributed by atoms with van der Waals surface area (Å²) in [5.41, 5.74) is 6.66. The van der Waals surface area contributed by atoms with Gasteiger partial charge in [-0.05, 0) is 56.6 Å². The third-order valence-electron chi connectivity index (χ3n) is 4.97. The normalized spacial score (nSPS) is 28.4. The molecule has 0 spiro atoms. The lowest BCUT2D eigenvalue weighted by Crippen LogP contribution is -2.50. The number of nitrogens with two attached hydrogens (primary N) is 1. The smallest absolute Gasteiger partial charge is 0.0885 e. The zero-order chi connectivity index (χ0) is 14.8. The van der Waals surface area contributed by atoms with Gasteiger partial charge in [-0.25, -0.2) is 0 Å². The minimum atomic E-state index is -0.181. The van der Waals surface area contributed by atoms with Crippen molar-refractivity contribution in [2.45, 2.75) is 58.1 Å². The molecule has 1 unspecified atom stereocenters. The largest absolute Gasteiger partial charge is 0.376 e. The van der Waals surface area contributed by atoms with Crippen LogP contribution in [0.25, 0.3) is 0 Å². The highest BCUT2D eigenvalue weighted by atomic mass is 16.5. The van der Waals surface area contributed by atoms with Crippen molar-refractivity contribution in [2.75, 3.05) is 7.11 Å². The van der Waals surface area contributed by atoms with Crippen molar-refractivity contribution < 1.29 is 4.74 Å². The lowest BCUT2D eigenvalue weighted by molar-refractivity contribution is -0.0763. The maximum atomic E-state index is 5.99. The Balaban J connectivity index is 2.36. The Bertz CT molecular complexity index is 450. The third-order valence-corrected chi connectivity index (χ3v) is 4.97. The Hall–Kier alpha value is -0.900.